The molecule has 0 radical (unpaired) electrons. The molecule has 2 heteroatoms. The third kappa shape index (κ3) is 1.02. The van der Waals surface area contributed by atoms with E-state index in [2.05, 4.69) is 15.9 Å². The van der Waals surface area contributed by atoms with E-state index in [1.54, 1.807) is 0 Å². The molecule has 0 aromatic rings. The monoisotopic (exact) mass is 204 g/mol. The van der Waals surface area contributed by atoms with Gasteiger partial charge in [-0.05, 0) is 38.0 Å². The Kier molecular flexibility index (Phi) is 1.41. The topological polar surface area (TPSA) is 20.2 Å². The van der Waals surface area contributed by atoms with Gasteiger partial charge in [-0.15, -0.1) is 0 Å². The zero-order valence-corrected chi connectivity index (χ0v) is 7.76. The van der Waals surface area contributed by atoms with Crippen LogP contribution >= 0.6 is 15.9 Å². The van der Waals surface area contributed by atoms with E-state index < -0.39 is 5.60 Å². The molecule has 2 fully saturated rings. The van der Waals surface area contributed by atoms with Crippen LogP contribution in [0.3, 0.4) is 0 Å². The standard InChI is InChI=1S/C8H13BrO/c1-8(10)4-6-2-5(6)3-7(8)9/h5-7,10H,2-4H2,1H3/t5-,6+,7+,8+/m1/s1. The van der Waals surface area contributed by atoms with Gasteiger partial charge >= 0.3 is 0 Å². The Balaban J connectivity index is 2.08. The van der Waals surface area contributed by atoms with Crippen molar-refractivity contribution in [3.05, 3.63) is 0 Å². The van der Waals surface area contributed by atoms with Crippen molar-refractivity contribution in [3.8, 4) is 0 Å². The fourth-order valence-corrected chi connectivity index (χ4v) is 2.69. The quantitative estimate of drug-likeness (QED) is 0.599. The minimum absolute atomic E-state index is 0.337. The minimum atomic E-state index is -0.433. The SMILES string of the molecule is C[C@]1(O)C[C@@H]2C[C@@H]2C[C@@H]1Br. The zero-order chi connectivity index (χ0) is 7.35. The number of aliphatic hydroxyl groups is 1. The Labute approximate surface area is 69.9 Å². The van der Waals surface area contributed by atoms with E-state index in [0.29, 0.717) is 4.83 Å². The average molecular weight is 205 g/mol. The molecule has 1 nitrogen and oxygen atoms in total. The number of alkyl halides is 1. The predicted octanol–water partition coefficient (Wildman–Crippen LogP) is 1.93. The van der Waals surface area contributed by atoms with Crippen LogP contribution in [0.1, 0.15) is 26.2 Å². The summed E-state index contributed by atoms with van der Waals surface area (Å²) >= 11 is 3.53. The van der Waals surface area contributed by atoms with E-state index >= 15 is 0 Å². The van der Waals surface area contributed by atoms with Crippen LogP contribution < -0.4 is 0 Å². The van der Waals surface area contributed by atoms with Gasteiger partial charge in [0.25, 0.3) is 0 Å². The molecule has 2 aliphatic carbocycles. The van der Waals surface area contributed by atoms with Crippen LogP contribution in [-0.4, -0.2) is 15.5 Å². The van der Waals surface area contributed by atoms with Gasteiger partial charge in [-0.25, -0.2) is 0 Å². The summed E-state index contributed by atoms with van der Waals surface area (Å²) in [6.45, 7) is 1.95. The number of rotatable bonds is 0. The highest BCUT2D eigenvalue weighted by atomic mass is 79.9. The van der Waals surface area contributed by atoms with Crippen LogP contribution in [0, 0.1) is 11.8 Å². The van der Waals surface area contributed by atoms with Crippen LogP contribution in [0.2, 0.25) is 0 Å². The van der Waals surface area contributed by atoms with Crippen molar-refractivity contribution in [2.75, 3.05) is 0 Å². The van der Waals surface area contributed by atoms with Crippen LogP contribution in [0.4, 0.5) is 0 Å². The molecule has 0 bridgehead atoms. The number of halogens is 1. The van der Waals surface area contributed by atoms with Crippen molar-refractivity contribution in [2.45, 2.75) is 36.6 Å². The van der Waals surface area contributed by atoms with E-state index in [-0.39, 0.29) is 0 Å². The highest BCUT2D eigenvalue weighted by Gasteiger charge is 2.50. The minimum Gasteiger partial charge on any atom is -0.389 e. The summed E-state index contributed by atoms with van der Waals surface area (Å²) in [7, 11) is 0. The number of hydrogen-bond donors (Lipinski definition) is 1. The normalized spacial score (nSPS) is 59.7. The van der Waals surface area contributed by atoms with E-state index in [0.717, 1.165) is 18.3 Å². The molecule has 4 atom stereocenters. The number of hydrogen-bond acceptors (Lipinski definition) is 1. The lowest BCUT2D eigenvalue weighted by atomic mass is 9.86. The lowest BCUT2D eigenvalue weighted by Crippen LogP contribution is -2.38. The van der Waals surface area contributed by atoms with Gasteiger partial charge in [-0.3, -0.25) is 0 Å². The highest BCUT2D eigenvalue weighted by molar-refractivity contribution is 9.09. The third-order valence-electron chi connectivity index (χ3n) is 2.93. The van der Waals surface area contributed by atoms with Gasteiger partial charge in [-0.2, -0.15) is 0 Å². The van der Waals surface area contributed by atoms with Gasteiger partial charge in [0.05, 0.1) is 5.60 Å². The zero-order valence-electron chi connectivity index (χ0n) is 6.18. The largest absolute Gasteiger partial charge is 0.389 e. The Morgan fingerprint density at radius 1 is 1.40 bits per heavy atom. The molecule has 0 amide bonds. The lowest BCUT2D eigenvalue weighted by Gasteiger charge is -2.32. The molecule has 2 rings (SSSR count). The molecule has 0 spiro atoms. The predicted molar refractivity (Wildman–Crippen MR) is 44.2 cm³/mol. The molecule has 10 heavy (non-hydrogen) atoms. The highest BCUT2D eigenvalue weighted by Crippen LogP contribution is 2.54. The van der Waals surface area contributed by atoms with Gasteiger partial charge in [-0.1, -0.05) is 15.9 Å². The maximum atomic E-state index is 9.79. The molecular formula is C8H13BrO. The smallest absolute Gasteiger partial charge is 0.0747 e. The molecule has 1 N–H and O–H groups in total. The summed E-state index contributed by atoms with van der Waals surface area (Å²) in [4.78, 5) is 0.337. The summed E-state index contributed by atoms with van der Waals surface area (Å²) in [6, 6.07) is 0. The second-order valence-corrected chi connectivity index (χ2v) is 5.13. The van der Waals surface area contributed by atoms with Crippen LogP contribution in [0.25, 0.3) is 0 Å². The summed E-state index contributed by atoms with van der Waals surface area (Å²) < 4.78 is 0. The molecule has 0 aromatic heterocycles. The average Bonchev–Trinajstić information content (AvgIpc) is 2.44. The summed E-state index contributed by atoms with van der Waals surface area (Å²) in [5.74, 6) is 1.79. The molecule has 2 saturated carbocycles. The summed E-state index contributed by atoms with van der Waals surface area (Å²) in [6.07, 6.45) is 3.55. The Morgan fingerprint density at radius 3 is 2.70 bits per heavy atom. The van der Waals surface area contributed by atoms with E-state index in [4.69, 9.17) is 0 Å². The Bertz CT molecular complexity index is 155. The van der Waals surface area contributed by atoms with Crippen molar-refractivity contribution in [1.29, 1.82) is 0 Å². The molecule has 0 saturated heterocycles. The maximum Gasteiger partial charge on any atom is 0.0747 e. The van der Waals surface area contributed by atoms with E-state index in [1.165, 1.54) is 12.8 Å². The molecule has 0 unspecified atom stereocenters. The van der Waals surface area contributed by atoms with Crippen molar-refractivity contribution in [2.24, 2.45) is 11.8 Å². The van der Waals surface area contributed by atoms with Crippen LogP contribution in [-0.2, 0) is 0 Å². The molecule has 0 aromatic carbocycles. The van der Waals surface area contributed by atoms with E-state index in [1.807, 2.05) is 6.92 Å². The lowest BCUT2D eigenvalue weighted by molar-refractivity contribution is 0.0271. The van der Waals surface area contributed by atoms with Crippen molar-refractivity contribution < 1.29 is 5.11 Å². The van der Waals surface area contributed by atoms with Crippen molar-refractivity contribution >= 4 is 15.9 Å². The molecule has 0 heterocycles. The van der Waals surface area contributed by atoms with Crippen molar-refractivity contribution in [3.63, 3.8) is 0 Å². The van der Waals surface area contributed by atoms with Gasteiger partial charge in [0.1, 0.15) is 0 Å². The third-order valence-corrected chi connectivity index (χ3v) is 4.29. The molecular weight excluding hydrogens is 192 g/mol. The molecule has 58 valence electrons. The summed E-state index contributed by atoms with van der Waals surface area (Å²) in [5, 5.41) is 9.79. The number of fused-ring (bicyclic) bond motifs is 1. The fourth-order valence-electron chi connectivity index (χ4n) is 2.03. The first-order chi connectivity index (χ1) is 4.59. The molecule has 2 aliphatic rings. The Hall–Kier alpha value is 0.440. The first-order valence-corrected chi connectivity index (χ1v) is 4.87. The van der Waals surface area contributed by atoms with Crippen molar-refractivity contribution in [1.82, 2.24) is 0 Å². The second-order valence-electron chi connectivity index (χ2n) is 4.02. The maximum absolute atomic E-state index is 9.79. The second kappa shape index (κ2) is 1.98. The first kappa shape index (κ1) is 7.11. The Morgan fingerprint density at radius 2 is 2.10 bits per heavy atom. The van der Waals surface area contributed by atoms with Gasteiger partial charge in [0, 0.05) is 4.83 Å². The van der Waals surface area contributed by atoms with Gasteiger partial charge in [0.2, 0.25) is 0 Å². The van der Waals surface area contributed by atoms with Gasteiger partial charge in [0.15, 0.2) is 0 Å². The van der Waals surface area contributed by atoms with Crippen LogP contribution in [0.15, 0.2) is 0 Å². The summed E-state index contributed by atoms with van der Waals surface area (Å²) in [5.41, 5.74) is -0.433. The van der Waals surface area contributed by atoms with Gasteiger partial charge < -0.3 is 5.11 Å². The first-order valence-electron chi connectivity index (χ1n) is 3.96. The van der Waals surface area contributed by atoms with Crippen LogP contribution in [0.5, 0.6) is 0 Å². The fraction of sp³-hybridized carbons (Fsp3) is 1.00. The molecule has 0 aliphatic heterocycles. The van der Waals surface area contributed by atoms with E-state index in [9.17, 15) is 5.11 Å².